The van der Waals surface area contributed by atoms with Gasteiger partial charge in [-0.3, -0.25) is 14.3 Å². The average Bonchev–Trinajstić information content (AvgIpc) is 3.48. The van der Waals surface area contributed by atoms with Crippen LogP contribution in [0.5, 0.6) is 5.75 Å². The molecule has 1 aromatic carbocycles. The Morgan fingerprint density at radius 2 is 2.00 bits per heavy atom. The van der Waals surface area contributed by atoms with Crippen LogP contribution < -0.4 is 10.7 Å². The van der Waals surface area contributed by atoms with Gasteiger partial charge in [0.2, 0.25) is 0 Å². The fourth-order valence-corrected chi connectivity index (χ4v) is 3.48. The number of rotatable bonds is 7. The monoisotopic (exact) mass is 394 g/mol. The summed E-state index contributed by atoms with van der Waals surface area (Å²) in [5.74, 6) is -1.09. The zero-order valence-corrected chi connectivity index (χ0v) is 17.0. The summed E-state index contributed by atoms with van der Waals surface area (Å²) in [6, 6.07) is 8.36. The van der Waals surface area contributed by atoms with Gasteiger partial charge in [0.1, 0.15) is 0 Å². The molecule has 3 rings (SSSR count). The third-order valence-corrected chi connectivity index (χ3v) is 5.26. The number of amides is 1. The van der Waals surface area contributed by atoms with E-state index in [1.807, 2.05) is 25.1 Å². The molecule has 1 amide bonds. The van der Waals surface area contributed by atoms with Gasteiger partial charge in [-0.2, -0.15) is 5.10 Å². The van der Waals surface area contributed by atoms with Gasteiger partial charge >= 0.3 is 0 Å². The summed E-state index contributed by atoms with van der Waals surface area (Å²) in [5.41, 5.74) is 2.14. The SMILES string of the molecule is C=C/C=C(/c1ccc(C2(Cn3cc(O)c(=O)c(C(=O)NC)n3)CC2)cc1)N(C)C. The molecule has 1 aromatic heterocycles. The van der Waals surface area contributed by atoms with Gasteiger partial charge < -0.3 is 15.3 Å². The van der Waals surface area contributed by atoms with Crippen LogP contribution in [0.2, 0.25) is 0 Å². The van der Waals surface area contributed by atoms with E-state index in [2.05, 4.69) is 41.3 Å². The maximum atomic E-state index is 12.0. The summed E-state index contributed by atoms with van der Waals surface area (Å²) < 4.78 is 1.49. The van der Waals surface area contributed by atoms with Gasteiger partial charge in [0.15, 0.2) is 11.4 Å². The van der Waals surface area contributed by atoms with E-state index in [4.69, 9.17) is 0 Å². The van der Waals surface area contributed by atoms with Crippen molar-refractivity contribution < 1.29 is 9.90 Å². The van der Waals surface area contributed by atoms with E-state index in [0.717, 1.165) is 24.1 Å². The normalized spacial score (nSPS) is 14.9. The molecule has 0 spiro atoms. The second-order valence-electron chi connectivity index (χ2n) is 7.51. The van der Waals surface area contributed by atoms with Gasteiger partial charge in [-0.05, 0) is 30.0 Å². The summed E-state index contributed by atoms with van der Waals surface area (Å²) in [6.45, 7) is 4.26. The van der Waals surface area contributed by atoms with E-state index in [1.165, 1.54) is 23.5 Å². The maximum absolute atomic E-state index is 12.0. The zero-order valence-electron chi connectivity index (χ0n) is 17.0. The van der Waals surface area contributed by atoms with Crippen molar-refractivity contribution in [2.45, 2.75) is 24.8 Å². The molecule has 1 fully saturated rings. The van der Waals surface area contributed by atoms with Gasteiger partial charge in [-0.1, -0.05) is 36.9 Å². The summed E-state index contributed by atoms with van der Waals surface area (Å²) in [4.78, 5) is 25.9. The standard InChI is InChI=1S/C22H26N4O3/c1-5-6-17(25(3)4)15-7-9-16(10-8-15)22(11-12-22)14-26-13-18(27)20(28)19(24-26)21(29)23-2/h5-10,13,27H,1,11-12,14H2,2-4H3,(H,23,29)/b17-6-. The summed E-state index contributed by atoms with van der Waals surface area (Å²) in [5, 5.41) is 16.5. The number of carbonyl (C=O) groups excluding carboxylic acids is 1. The predicted octanol–water partition coefficient (Wildman–Crippen LogP) is 2.13. The number of benzene rings is 1. The van der Waals surface area contributed by atoms with Gasteiger partial charge in [-0.15, -0.1) is 0 Å². The molecule has 0 radical (unpaired) electrons. The Balaban J connectivity index is 1.89. The average molecular weight is 394 g/mol. The Morgan fingerprint density at radius 1 is 1.34 bits per heavy atom. The number of allylic oxidation sites excluding steroid dienone is 2. The highest BCUT2D eigenvalue weighted by atomic mass is 16.3. The summed E-state index contributed by atoms with van der Waals surface area (Å²) in [7, 11) is 5.40. The van der Waals surface area contributed by atoms with Crippen LogP contribution in [-0.4, -0.2) is 46.8 Å². The van der Waals surface area contributed by atoms with Crippen molar-refractivity contribution in [3.8, 4) is 5.75 Å². The van der Waals surface area contributed by atoms with Crippen LogP contribution in [0.4, 0.5) is 0 Å². The molecule has 1 aliphatic carbocycles. The zero-order chi connectivity index (χ0) is 21.2. The minimum absolute atomic E-state index is 0.118. The fraction of sp³-hybridized carbons (Fsp3) is 0.318. The van der Waals surface area contributed by atoms with Crippen molar-refractivity contribution >= 4 is 11.6 Å². The fourth-order valence-electron chi connectivity index (χ4n) is 3.48. The third-order valence-electron chi connectivity index (χ3n) is 5.26. The molecule has 2 N–H and O–H groups in total. The Labute approximate surface area is 170 Å². The van der Waals surface area contributed by atoms with Gasteiger partial charge in [0.25, 0.3) is 11.3 Å². The van der Waals surface area contributed by atoms with Crippen LogP contribution >= 0.6 is 0 Å². The van der Waals surface area contributed by atoms with Gasteiger partial charge in [0, 0.05) is 32.3 Å². The van der Waals surface area contributed by atoms with Crippen LogP contribution in [-0.2, 0) is 12.0 Å². The lowest BCUT2D eigenvalue weighted by Gasteiger charge is -2.20. The number of nitrogens with zero attached hydrogens (tertiary/aromatic N) is 3. The first-order chi connectivity index (χ1) is 13.8. The smallest absolute Gasteiger partial charge is 0.275 e. The molecule has 7 nitrogen and oxygen atoms in total. The highest BCUT2D eigenvalue weighted by Gasteiger charge is 2.45. The van der Waals surface area contributed by atoms with E-state index in [-0.39, 0.29) is 11.1 Å². The van der Waals surface area contributed by atoms with Crippen molar-refractivity contribution in [3.05, 3.63) is 76.2 Å². The van der Waals surface area contributed by atoms with E-state index in [1.54, 1.807) is 6.08 Å². The Hall–Kier alpha value is -3.35. The molecule has 0 unspecified atom stereocenters. The highest BCUT2D eigenvalue weighted by Crippen LogP contribution is 2.49. The minimum Gasteiger partial charge on any atom is -0.503 e. The van der Waals surface area contributed by atoms with Crippen molar-refractivity contribution in [2.75, 3.05) is 21.1 Å². The molecule has 29 heavy (non-hydrogen) atoms. The van der Waals surface area contributed by atoms with E-state index < -0.39 is 17.1 Å². The number of aromatic hydroxyl groups is 1. The second-order valence-corrected chi connectivity index (χ2v) is 7.51. The van der Waals surface area contributed by atoms with Gasteiger partial charge in [0.05, 0.1) is 12.7 Å². The Bertz CT molecular complexity index is 1020. The molecule has 2 aromatic rings. The van der Waals surface area contributed by atoms with Crippen molar-refractivity contribution in [1.82, 2.24) is 20.0 Å². The minimum atomic E-state index is -0.764. The Kier molecular flexibility index (Phi) is 5.59. The molecule has 0 aliphatic heterocycles. The van der Waals surface area contributed by atoms with Crippen molar-refractivity contribution in [1.29, 1.82) is 0 Å². The molecule has 7 heteroatoms. The van der Waals surface area contributed by atoms with Crippen molar-refractivity contribution in [2.24, 2.45) is 0 Å². The molecule has 1 heterocycles. The lowest BCUT2D eigenvalue weighted by Crippen LogP contribution is -2.30. The van der Waals surface area contributed by atoms with Crippen LogP contribution in [0.25, 0.3) is 5.70 Å². The molecule has 0 bridgehead atoms. The molecular weight excluding hydrogens is 368 g/mol. The van der Waals surface area contributed by atoms with Crippen LogP contribution in [0.3, 0.4) is 0 Å². The number of nitrogens with one attached hydrogen (secondary N) is 1. The van der Waals surface area contributed by atoms with E-state index in [0.29, 0.717) is 6.54 Å². The lowest BCUT2D eigenvalue weighted by molar-refractivity contribution is 0.0953. The molecule has 1 saturated carbocycles. The molecule has 0 saturated heterocycles. The molecule has 152 valence electrons. The van der Waals surface area contributed by atoms with Crippen LogP contribution in [0, 0.1) is 0 Å². The van der Waals surface area contributed by atoms with Crippen LogP contribution in [0.1, 0.15) is 34.5 Å². The second kappa shape index (κ2) is 7.95. The summed E-state index contributed by atoms with van der Waals surface area (Å²) in [6.07, 6.45) is 6.97. The summed E-state index contributed by atoms with van der Waals surface area (Å²) >= 11 is 0. The third kappa shape index (κ3) is 4.08. The molecule has 0 atom stereocenters. The largest absolute Gasteiger partial charge is 0.503 e. The number of aromatic nitrogens is 2. The quantitative estimate of drug-likeness (QED) is 0.703. The van der Waals surface area contributed by atoms with Crippen LogP contribution in [0.15, 0.2) is 54.0 Å². The topological polar surface area (TPSA) is 87.5 Å². The number of carbonyl (C=O) groups is 1. The van der Waals surface area contributed by atoms with E-state index in [9.17, 15) is 14.7 Å². The highest BCUT2D eigenvalue weighted by molar-refractivity contribution is 5.92. The molecule has 1 aliphatic rings. The lowest BCUT2D eigenvalue weighted by atomic mass is 9.94. The first kappa shape index (κ1) is 20.4. The predicted molar refractivity (Wildman–Crippen MR) is 113 cm³/mol. The Morgan fingerprint density at radius 3 is 2.52 bits per heavy atom. The number of hydrogen-bond acceptors (Lipinski definition) is 5. The maximum Gasteiger partial charge on any atom is 0.275 e. The first-order valence-electron chi connectivity index (χ1n) is 9.45. The number of hydrogen-bond donors (Lipinski definition) is 2. The van der Waals surface area contributed by atoms with E-state index >= 15 is 0 Å². The molecular formula is C22H26N4O3. The van der Waals surface area contributed by atoms with Gasteiger partial charge in [-0.25, -0.2) is 0 Å². The van der Waals surface area contributed by atoms with Crippen molar-refractivity contribution in [3.63, 3.8) is 0 Å². The first-order valence-corrected chi connectivity index (χ1v) is 9.45.